The number of nitrogens with two attached hydrogens (primary N) is 3. The van der Waals surface area contributed by atoms with Crippen LogP contribution in [0.1, 0.15) is 34.2 Å². The number of hydrogen-bond donors (Lipinski definition) is 4. The van der Waals surface area contributed by atoms with Gasteiger partial charge in [0.25, 0.3) is 0 Å². The summed E-state index contributed by atoms with van der Waals surface area (Å²) in [6.45, 7) is 1.93. The molecule has 12 nitrogen and oxygen atoms in total. The molecule has 0 fully saturated rings. The number of nitrogens with zero attached hydrogens (tertiary/aromatic N) is 8. The van der Waals surface area contributed by atoms with Gasteiger partial charge in [0.05, 0.1) is 17.1 Å². The molecule has 0 aliphatic heterocycles. The molecule has 7 N–H and O–H groups in total. The standard InChI is InChI=1S/C18H13N11.CH5N/c1-7-8(2-19)25-14-13(24-7)15-17(28-10(4-21)9(3-20)26-15)18-16(14)27-11(5-22)12(6-23)29-18;1-2/h4,21H,2,6,19,23H2,1H3;2H2,1H3. The lowest BCUT2D eigenvalue weighted by Crippen LogP contribution is -2.10. The molecule has 0 aliphatic carbocycles. The highest BCUT2D eigenvalue weighted by Gasteiger charge is 2.21. The van der Waals surface area contributed by atoms with E-state index in [0.717, 1.165) is 6.21 Å². The molecule has 0 unspecified atom stereocenters. The van der Waals surface area contributed by atoms with Crippen LogP contribution in [0.25, 0.3) is 33.1 Å². The van der Waals surface area contributed by atoms with E-state index in [4.69, 9.17) is 16.9 Å². The molecule has 4 aromatic rings. The zero-order valence-electron chi connectivity index (χ0n) is 16.8. The zero-order chi connectivity index (χ0) is 22.7. The number of hydrogen-bond acceptors (Lipinski definition) is 12. The van der Waals surface area contributed by atoms with Gasteiger partial charge in [-0.1, -0.05) is 0 Å². The van der Waals surface area contributed by atoms with Crippen LogP contribution in [0.5, 0.6) is 0 Å². The Labute approximate surface area is 176 Å². The summed E-state index contributed by atoms with van der Waals surface area (Å²) in [5, 5.41) is 26.4. The molecule has 4 rings (SSSR count). The van der Waals surface area contributed by atoms with Crippen molar-refractivity contribution < 1.29 is 0 Å². The van der Waals surface area contributed by atoms with Crippen molar-refractivity contribution in [1.29, 1.82) is 15.9 Å². The first kappa shape index (κ1) is 21.5. The number of aryl methyl sites for hydroxylation is 1. The molecule has 0 radical (unpaired) electrons. The summed E-state index contributed by atoms with van der Waals surface area (Å²) in [5.74, 6) is 0. The van der Waals surface area contributed by atoms with Gasteiger partial charge >= 0.3 is 0 Å². The van der Waals surface area contributed by atoms with E-state index in [2.05, 4.69) is 35.6 Å². The van der Waals surface area contributed by atoms with E-state index in [9.17, 15) is 10.5 Å². The van der Waals surface area contributed by atoms with Crippen LogP contribution in [0.15, 0.2) is 0 Å². The number of nitrogens with one attached hydrogen (secondary N) is 1. The first-order valence-electron chi connectivity index (χ1n) is 9.06. The lowest BCUT2D eigenvalue weighted by molar-refractivity contribution is 0.952. The van der Waals surface area contributed by atoms with Crippen LogP contribution in [0, 0.1) is 35.0 Å². The van der Waals surface area contributed by atoms with Crippen LogP contribution in [-0.4, -0.2) is 43.2 Å². The SMILES string of the molecule is CN.Cc1nc2c3nc(C#N)c(C=N)nc3c3nc(CN)c(C#N)nc3c2nc1CN. The summed E-state index contributed by atoms with van der Waals surface area (Å²) in [6, 6.07) is 3.93. The highest BCUT2D eigenvalue weighted by molar-refractivity contribution is 6.18. The molecule has 3 heterocycles. The molecule has 154 valence electrons. The Bertz CT molecular complexity index is 1430. The average molecular weight is 414 g/mol. The lowest BCUT2D eigenvalue weighted by atomic mass is 10.1. The maximum absolute atomic E-state index is 9.43. The van der Waals surface area contributed by atoms with Crippen molar-refractivity contribution in [2.75, 3.05) is 7.05 Å². The molecule has 0 aliphatic rings. The number of benzene rings is 1. The van der Waals surface area contributed by atoms with Gasteiger partial charge in [0.1, 0.15) is 50.9 Å². The fourth-order valence-corrected chi connectivity index (χ4v) is 3.07. The molecule has 12 heteroatoms. The lowest BCUT2D eigenvalue weighted by Gasteiger charge is -2.11. The Balaban J connectivity index is 0.00000132. The Hall–Kier alpha value is -4.23. The van der Waals surface area contributed by atoms with Gasteiger partial charge in [-0.15, -0.1) is 0 Å². The fourth-order valence-electron chi connectivity index (χ4n) is 3.07. The van der Waals surface area contributed by atoms with Gasteiger partial charge in [0.15, 0.2) is 11.4 Å². The third-order valence-electron chi connectivity index (χ3n) is 4.47. The monoisotopic (exact) mass is 414 g/mol. The first-order chi connectivity index (χ1) is 15.1. The van der Waals surface area contributed by atoms with Crippen LogP contribution < -0.4 is 17.2 Å². The van der Waals surface area contributed by atoms with Crippen molar-refractivity contribution in [3.05, 3.63) is 34.2 Å². The minimum absolute atomic E-state index is 0.000124. The van der Waals surface area contributed by atoms with E-state index in [1.165, 1.54) is 7.05 Å². The summed E-state index contributed by atoms with van der Waals surface area (Å²) in [5.41, 5.74) is 19.5. The van der Waals surface area contributed by atoms with E-state index < -0.39 is 0 Å². The van der Waals surface area contributed by atoms with Crippen LogP contribution in [-0.2, 0) is 13.1 Å². The highest BCUT2D eigenvalue weighted by Crippen LogP contribution is 2.30. The van der Waals surface area contributed by atoms with Gasteiger partial charge in [-0.2, -0.15) is 10.5 Å². The van der Waals surface area contributed by atoms with Crippen LogP contribution in [0.3, 0.4) is 0 Å². The van der Waals surface area contributed by atoms with E-state index in [0.29, 0.717) is 50.2 Å². The van der Waals surface area contributed by atoms with Crippen LogP contribution in [0.2, 0.25) is 0 Å². The topological polar surface area (TPSA) is 227 Å². The van der Waals surface area contributed by atoms with Crippen molar-refractivity contribution in [2.45, 2.75) is 20.0 Å². The van der Waals surface area contributed by atoms with E-state index in [1.807, 2.05) is 12.1 Å². The molecule has 0 saturated carbocycles. The molecule has 0 bridgehead atoms. The Morgan fingerprint density at radius 1 is 0.742 bits per heavy atom. The maximum Gasteiger partial charge on any atom is 0.168 e. The van der Waals surface area contributed by atoms with E-state index in [1.54, 1.807) is 6.92 Å². The first-order valence-corrected chi connectivity index (χ1v) is 9.06. The highest BCUT2D eigenvalue weighted by atomic mass is 14.9. The van der Waals surface area contributed by atoms with E-state index in [-0.39, 0.29) is 30.2 Å². The average Bonchev–Trinajstić information content (AvgIpc) is 2.83. The number of rotatable bonds is 3. The van der Waals surface area contributed by atoms with Crippen LogP contribution >= 0.6 is 0 Å². The van der Waals surface area contributed by atoms with E-state index >= 15 is 0 Å². The molecule has 0 spiro atoms. The van der Waals surface area contributed by atoms with Gasteiger partial charge < -0.3 is 22.6 Å². The minimum atomic E-state index is -0.0174. The normalized spacial score (nSPS) is 10.4. The second kappa shape index (κ2) is 8.64. The Kier molecular flexibility index (Phi) is 5.99. The fraction of sp³-hybridized carbons (Fsp3) is 0.211. The summed E-state index contributed by atoms with van der Waals surface area (Å²) in [7, 11) is 1.50. The molecule has 0 amide bonds. The van der Waals surface area contributed by atoms with Gasteiger partial charge in [0.2, 0.25) is 0 Å². The second-order valence-electron chi connectivity index (χ2n) is 6.10. The second-order valence-corrected chi connectivity index (χ2v) is 6.10. The van der Waals surface area contributed by atoms with Gasteiger partial charge in [-0.25, -0.2) is 29.9 Å². The summed E-state index contributed by atoms with van der Waals surface area (Å²) >= 11 is 0. The maximum atomic E-state index is 9.43. The van der Waals surface area contributed by atoms with Gasteiger partial charge in [-0.3, -0.25) is 0 Å². The van der Waals surface area contributed by atoms with Crippen molar-refractivity contribution in [3.63, 3.8) is 0 Å². The van der Waals surface area contributed by atoms with Crippen molar-refractivity contribution in [1.82, 2.24) is 29.9 Å². The summed E-state index contributed by atoms with van der Waals surface area (Å²) in [6.07, 6.45) is 0.941. The van der Waals surface area contributed by atoms with Gasteiger partial charge in [0, 0.05) is 19.3 Å². The minimum Gasteiger partial charge on any atom is -0.333 e. The van der Waals surface area contributed by atoms with Crippen molar-refractivity contribution >= 4 is 39.3 Å². The molecule has 3 aromatic heterocycles. The largest absolute Gasteiger partial charge is 0.333 e. The van der Waals surface area contributed by atoms with Gasteiger partial charge in [-0.05, 0) is 14.0 Å². The molecule has 31 heavy (non-hydrogen) atoms. The molecular weight excluding hydrogens is 396 g/mol. The summed E-state index contributed by atoms with van der Waals surface area (Å²) < 4.78 is 0. The molecule has 1 aromatic carbocycles. The predicted octanol–water partition coefficient (Wildman–Crippen LogP) is 0.0580. The number of nitriles is 2. The quantitative estimate of drug-likeness (QED) is 0.258. The third kappa shape index (κ3) is 3.37. The number of fused-ring (bicyclic) bond motifs is 6. The smallest absolute Gasteiger partial charge is 0.168 e. The van der Waals surface area contributed by atoms with Crippen LogP contribution in [0.4, 0.5) is 0 Å². The Morgan fingerprint density at radius 3 is 1.71 bits per heavy atom. The van der Waals surface area contributed by atoms with Crippen molar-refractivity contribution in [2.24, 2.45) is 17.2 Å². The molecule has 0 atom stereocenters. The molecular formula is C19H18N12. The zero-order valence-corrected chi connectivity index (χ0v) is 16.8. The van der Waals surface area contributed by atoms with Crippen molar-refractivity contribution in [3.8, 4) is 12.1 Å². The number of aromatic nitrogens is 6. The third-order valence-corrected chi connectivity index (χ3v) is 4.47. The predicted molar refractivity (Wildman–Crippen MR) is 114 cm³/mol. The molecule has 0 saturated heterocycles. The summed E-state index contributed by atoms with van der Waals surface area (Å²) in [4.78, 5) is 26.8. The Morgan fingerprint density at radius 2 is 1.19 bits per heavy atom.